The minimum atomic E-state index is -0.504. The van der Waals surface area contributed by atoms with E-state index in [0.717, 1.165) is 19.4 Å². The number of nitrogens with one attached hydrogen (secondary N) is 2. The number of halogens is 1. The topological polar surface area (TPSA) is 70.6 Å². The minimum absolute atomic E-state index is 0. The normalized spacial score (nSPS) is 34.7. The van der Waals surface area contributed by atoms with Crippen molar-refractivity contribution < 1.29 is 14.6 Å². The molecule has 1 saturated carbocycles. The van der Waals surface area contributed by atoms with E-state index in [1.54, 1.807) is 0 Å². The van der Waals surface area contributed by atoms with Crippen LogP contribution in [-0.4, -0.2) is 41.5 Å². The predicted octanol–water partition coefficient (Wildman–Crippen LogP) is 1.04. The third-order valence-corrected chi connectivity index (χ3v) is 3.46. The van der Waals surface area contributed by atoms with Crippen LogP contribution >= 0.6 is 12.4 Å². The minimum Gasteiger partial charge on any atom is -0.444 e. The molecule has 0 aromatic heterocycles. The molecule has 3 N–H and O–H groups in total. The molecule has 1 amide bonds. The number of hydrogen-bond donors (Lipinski definition) is 3. The molecule has 4 atom stereocenters. The van der Waals surface area contributed by atoms with E-state index in [9.17, 15) is 9.90 Å². The molecule has 3 aliphatic rings. The van der Waals surface area contributed by atoms with Crippen molar-refractivity contribution in [3.63, 3.8) is 0 Å². The van der Waals surface area contributed by atoms with Crippen LogP contribution in [0.5, 0.6) is 0 Å². The van der Waals surface area contributed by atoms with Crippen molar-refractivity contribution in [2.45, 2.75) is 57.4 Å². The van der Waals surface area contributed by atoms with Crippen LogP contribution in [-0.2, 0) is 4.74 Å². The number of piperidine rings is 2. The van der Waals surface area contributed by atoms with Crippen LogP contribution in [0, 0.1) is 5.92 Å². The summed E-state index contributed by atoms with van der Waals surface area (Å²) in [6, 6.07) is -0.0557. The summed E-state index contributed by atoms with van der Waals surface area (Å²) < 4.78 is 5.21. The number of ether oxygens (including phenoxy) is 1. The molecule has 18 heavy (non-hydrogen) atoms. The first-order valence-electron chi connectivity index (χ1n) is 6.28. The van der Waals surface area contributed by atoms with Crippen LogP contribution in [0.2, 0.25) is 0 Å². The van der Waals surface area contributed by atoms with E-state index in [2.05, 4.69) is 10.6 Å². The molecule has 1 aliphatic carbocycles. The number of fused-ring (bicyclic) bond motifs is 3. The lowest BCUT2D eigenvalue weighted by atomic mass is 9.76. The number of hydrogen-bond acceptors (Lipinski definition) is 4. The van der Waals surface area contributed by atoms with Crippen LogP contribution in [0.25, 0.3) is 0 Å². The fraction of sp³-hybridized carbons (Fsp3) is 0.917. The van der Waals surface area contributed by atoms with Crippen molar-refractivity contribution in [3.8, 4) is 0 Å². The molecular weight excluding hydrogens is 256 g/mol. The molecule has 2 bridgehead atoms. The van der Waals surface area contributed by atoms with Gasteiger partial charge in [-0.2, -0.15) is 0 Å². The summed E-state index contributed by atoms with van der Waals surface area (Å²) in [5.41, 5.74) is -0.504. The molecular formula is C12H23ClN2O3. The van der Waals surface area contributed by atoms with Crippen LogP contribution in [0.1, 0.15) is 33.6 Å². The second kappa shape index (κ2) is 5.63. The lowest BCUT2D eigenvalue weighted by Crippen LogP contribution is -2.67. The maximum atomic E-state index is 11.7. The van der Waals surface area contributed by atoms with Gasteiger partial charge < -0.3 is 20.5 Å². The molecule has 5 nitrogen and oxygen atoms in total. The zero-order chi connectivity index (χ0) is 12.6. The Balaban J connectivity index is 0.00000162. The highest BCUT2D eigenvalue weighted by Crippen LogP contribution is 2.29. The fourth-order valence-electron chi connectivity index (χ4n) is 2.66. The van der Waals surface area contributed by atoms with Crippen LogP contribution in [0.4, 0.5) is 4.79 Å². The van der Waals surface area contributed by atoms with E-state index < -0.39 is 17.8 Å². The largest absolute Gasteiger partial charge is 0.444 e. The van der Waals surface area contributed by atoms with Gasteiger partial charge in [0.05, 0.1) is 12.1 Å². The van der Waals surface area contributed by atoms with Gasteiger partial charge in [-0.05, 0) is 39.5 Å². The van der Waals surface area contributed by atoms with Crippen LogP contribution in [0.3, 0.4) is 0 Å². The summed E-state index contributed by atoms with van der Waals surface area (Å²) in [6.07, 6.45) is 1.13. The highest BCUT2D eigenvalue weighted by Gasteiger charge is 2.43. The highest BCUT2D eigenvalue weighted by atomic mass is 35.5. The molecule has 3 rings (SSSR count). The van der Waals surface area contributed by atoms with Gasteiger partial charge in [-0.15, -0.1) is 12.4 Å². The number of amides is 1. The average Bonchev–Trinajstić information content (AvgIpc) is 2.21. The molecule has 0 spiro atoms. The Hall–Kier alpha value is -0.520. The van der Waals surface area contributed by atoms with Crippen LogP contribution < -0.4 is 10.6 Å². The van der Waals surface area contributed by atoms with Gasteiger partial charge in [-0.25, -0.2) is 4.79 Å². The van der Waals surface area contributed by atoms with E-state index in [4.69, 9.17) is 4.74 Å². The molecule has 0 aromatic carbocycles. The second-order valence-corrected chi connectivity index (χ2v) is 6.01. The summed E-state index contributed by atoms with van der Waals surface area (Å²) in [4.78, 5) is 11.7. The second-order valence-electron chi connectivity index (χ2n) is 6.01. The van der Waals surface area contributed by atoms with E-state index >= 15 is 0 Å². The Morgan fingerprint density at radius 1 is 1.39 bits per heavy atom. The van der Waals surface area contributed by atoms with Gasteiger partial charge >= 0.3 is 6.09 Å². The summed E-state index contributed by atoms with van der Waals surface area (Å²) in [6.45, 7) is 6.33. The number of carbonyl (C=O) groups is 1. The van der Waals surface area contributed by atoms with Gasteiger partial charge in [0.1, 0.15) is 5.60 Å². The number of rotatable bonds is 1. The van der Waals surface area contributed by atoms with E-state index in [1.807, 2.05) is 20.8 Å². The SMILES string of the molecule is CC(C)(C)OC(=O)NC1C2CCC(CN2)C1O.Cl. The average molecular weight is 279 g/mol. The standard InChI is InChI=1S/C12H22N2O3.ClH/c1-12(2,3)17-11(16)14-9-8-5-4-7(6-13-8)10(9)15;/h7-10,13,15H,4-6H2,1-3H3,(H,14,16);1H. The van der Waals surface area contributed by atoms with Crippen molar-refractivity contribution in [3.05, 3.63) is 0 Å². The van der Waals surface area contributed by atoms with Crippen LogP contribution in [0.15, 0.2) is 0 Å². The fourth-order valence-corrected chi connectivity index (χ4v) is 2.66. The van der Waals surface area contributed by atoms with Gasteiger partial charge in [-0.1, -0.05) is 0 Å². The van der Waals surface area contributed by atoms with Gasteiger partial charge in [-0.3, -0.25) is 0 Å². The smallest absolute Gasteiger partial charge is 0.408 e. The number of carbonyl (C=O) groups excluding carboxylic acids is 1. The third kappa shape index (κ3) is 3.49. The molecule has 6 heteroatoms. The van der Waals surface area contributed by atoms with E-state index in [1.165, 1.54) is 0 Å². The zero-order valence-electron chi connectivity index (χ0n) is 11.1. The molecule has 0 aromatic rings. The van der Waals surface area contributed by atoms with E-state index in [-0.39, 0.29) is 30.4 Å². The van der Waals surface area contributed by atoms with Gasteiger partial charge in [0, 0.05) is 12.6 Å². The Kier molecular flexibility index (Phi) is 4.86. The quantitative estimate of drug-likeness (QED) is 0.670. The molecule has 0 radical (unpaired) electrons. The lowest BCUT2D eigenvalue weighted by Gasteiger charge is -2.46. The van der Waals surface area contributed by atoms with Crippen molar-refractivity contribution in [1.29, 1.82) is 0 Å². The molecule has 3 fully saturated rings. The first-order chi connectivity index (χ1) is 7.87. The first kappa shape index (κ1) is 15.5. The lowest BCUT2D eigenvalue weighted by molar-refractivity contribution is -0.0176. The Labute approximate surface area is 114 Å². The van der Waals surface area contributed by atoms with Crippen molar-refractivity contribution in [2.24, 2.45) is 5.92 Å². The van der Waals surface area contributed by atoms with Crippen molar-refractivity contribution in [1.82, 2.24) is 10.6 Å². The molecule has 2 saturated heterocycles. The number of aliphatic hydroxyl groups is 1. The zero-order valence-corrected chi connectivity index (χ0v) is 11.9. The summed E-state index contributed by atoms with van der Waals surface area (Å²) in [5.74, 6) is 0.250. The Bertz CT molecular complexity index is 296. The highest BCUT2D eigenvalue weighted by molar-refractivity contribution is 5.85. The van der Waals surface area contributed by atoms with Gasteiger partial charge in [0.2, 0.25) is 0 Å². The Morgan fingerprint density at radius 2 is 2.06 bits per heavy atom. The summed E-state index contributed by atoms with van der Waals surface area (Å²) in [7, 11) is 0. The molecule has 2 heterocycles. The molecule has 106 valence electrons. The monoisotopic (exact) mass is 278 g/mol. The number of aliphatic hydroxyl groups excluding tert-OH is 1. The molecule has 4 unspecified atom stereocenters. The third-order valence-electron chi connectivity index (χ3n) is 3.46. The number of alkyl carbamates (subject to hydrolysis) is 1. The van der Waals surface area contributed by atoms with Crippen molar-refractivity contribution >= 4 is 18.5 Å². The van der Waals surface area contributed by atoms with Gasteiger partial charge in [0.15, 0.2) is 0 Å². The Morgan fingerprint density at radius 3 is 2.50 bits per heavy atom. The summed E-state index contributed by atoms with van der Waals surface area (Å²) >= 11 is 0. The van der Waals surface area contributed by atoms with Gasteiger partial charge in [0.25, 0.3) is 0 Å². The molecule has 2 aliphatic heterocycles. The predicted molar refractivity (Wildman–Crippen MR) is 70.9 cm³/mol. The van der Waals surface area contributed by atoms with Crippen molar-refractivity contribution in [2.75, 3.05) is 6.54 Å². The first-order valence-corrected chi connectivity index (χ1v) is 6.28. The maximum absolute atomic E-state index is 11.7. The summed E-state index contributed by atoms with van der Waals surface area (Å²) in [5, 5.41) is 16.2. The van der Waals surface area contributed by atoms with E-state index in [0.29, 0.717) is 0 Å². The maximum Gasteiger partial charge on any atom is 0.408 e.